The maximum atomic E-state index is 12.3. The maximum Gasteiger partial charge on any atom is 0.342 e. The van der Waals surface area contributed by atoms with Gasteiger partial charge in [0.05, 0.1) is 7.11 Å². The number of ether oxygens (including phenoxy) is 2. The van der Waals surface area contributed by atoms with E-state index in [1.807, 2.05) is 29.6 Å². The molecule has 0 aliphatic rings. The van der Waals surface area contributed by atoms with Gasteiger partial charge in [-0.25, -0.2) is 9.59 Å². The first-order valence-electron chi connectivity index (χ1n) is 6.80. The molecule has 0 aliphatic carbocycles. The van der Waals surface area contributed by atoms with Gasteiger partial charge in [0.2, 0.25) is 0 Å². The number of benzene rings is 2. The molecule has 7 heteroatoms. The van der Waals surface area contributed by atoms with E-state index in [2.05, 4.69) is 0 Å². The second-order valence-corrected chi connectivity index (χ2v) is 4.80. The fourth-order valence-corrected chi connectivity index (χ4v) is 2.05. The lowest BCUT2D eigenvalue weighted by atomic mass is 10.1. The summed E-state index contributed by atoms with van der Waals surface area (Å²) in [5.41, 5.74) is 5.03. The number of hydrogen-bond acceptors (Lipinski definition) is 5. The summed E-state index contributed by atoms with van der Waals surface area (Å²) in [7, 11) is 1.43. The second-order valence-electron chi connectivity index (χ2n) is 4.80. The number of carbonyl (C=O) groups is 3. The molecule has 0 unspecified atom stereocenters. The van der Waals surface area contributed by atoms with Gasteiger partial charge in [-0.15, -0.1) is 0 Å². The van der Waals surface area contributed by atoms with E-state index in [0.29, 0.717) is 5.75 Å². The molecule has 0 saturated carbocycles. The third kappa shape index (κ3) is 3.76. The molecule has 0 radical (unpaired) electrons. The number of nitrogens with two attached hydrogens (primary N) is 1. The van der Waals surface area contributed by atoms with Crippen LogP contribution in [-0.2, 0) is 9.53 Å². The quantitative estimate of drug-likeness (QED) is 0.833. The Hall–Kier alpha value is -3.09. The number of imide groups is 1. The first kappa shape index (κ1) is 16.3. The number of urea groups is 1. The molecule has 0 bridgehead atoms. The van der Waals surface area contributed by atoms with Crippen LogP contribution in [0.3, 0.4) is 0 Å². The van der Waals surface area contributed by atoms with Gasteiger partial charge in [0.15, 0.2) is 6.10 Å². The van der Waals surface area contributed by atoms with Crippen LogP contribution in [0.15, 0.2) is 36.4 Å². The molecule has 2 rings (SSSR count). The summed E-state index contributed by atoms with van der Waals surface area (Å²) in [4.78, 5) is 34.5. The lowest BCUT2D eigenvalue weighted by Crippen LogP contribution is -2.42. The van der Waals surface area contributed by atoms with E-state index in [9.17, 15) is 14.4 Å². The highest BCUT2D eigenvalue weighted by molar-refractivity contribution is 6.01. The summed E-state index contributed by atoms with van der Waals surface area (Å²) in [5, 5.41) is 3.58. The van der Waals surface area contributed by atoms with Gasteiger partial charge in [-0.2, -0.15) is 0 Å². The van der Waals surface area contributed by atoms with Crippen molar-refractivity contribution in [2.75, 3.05) is 7.11 Å². The zero-order valence-corrected chi connectivity index (χ0v) is 12.7. The Morgan fingerprint density at radius 2 is 1.74 bits per heavy atom. The second kappa shape index (κ2) is 6.78. The highest BCUT2D eigenvalue weighted by Crippen LogP contribution is 2.26. The van der Waals surface area contributed by atoms with E-state index in [0.717, 1.165) is 10.8 Å². The van der Waals surface area contributed by atoms with Crippen molar-refractivity contribution in [1.29, 1.82) is 0 Å². The molecule has 23 heavy (non-hydrogen) atoms. The van der Waals surface area contributed by atoms with Crippen LogP contribution in [0.25, 0.3) is 10.8 Å². The third-order valence-corrected chi connectivity index (χ3v) is 3.19. The van der Waals surface area contributed by atoms with Crippen molar-refractivity contribution in [3.63, 3.8) is 0 Å². The van der Waals surface area contributed by atoms with E-state index >= 15 is 0 Å². The molecule has 0 aliphatic heterocycles. The smallest absolute Gasteiger partial charge is 0.342 e. The number of nitrogens with one attached hydrogen (secondary N) is 1. The lowest BCUT2D eigenvalue weighted by molar-refractivity contribution is -0.127. The monoisotopic (exact) mass is 316 g/mol. The zero-order valence-electron chi connectivity index (χ0n) is 12.7. The van der Waals surface area contributed by atoms with Gasteiger partial charge in [-0.3, -0.25) is 10.1 Å². The van der Waals surface area contributed by atoms with Crippen molar-refractivity contribution >= 4 is 28.7 Å². The first-order valence-corrected chi connectivity index (χ1v) is 6.80. The Bertz CT molecular complexity index is 772. The molecule has 0 saturated heterocycles. The molecule has 7 nitrogen and oxygen atoms in total. The minimum Gasteiger partial charge on any atom is -0.496 e. The number of amides is 3. The average Bonchev–Trinajstić information content (AvgIpc) is 2.52. The Balaban J connectivity index is 2.26. The summed E-state index contributed by atoms with van der Waals surface area (Å²) < 4.78 is 10.3. The fraction of sp³-hybridized carbons (Fsp3) is 0.188. The Kier molecular flexibility index (Phi) is 4.80. The highest BCUT2D eigenvalue weighted by Gasteiger charge is 2.22. The minimum atomic E-state index is -1.17. The number of esters is 1. The summed E-state index contributed by atoms with van der Waals surface area (Å²) in [6, 6.07) is 9.75. The number of carbonyl (C=O) groups excluding carboxylic acids is 3. The standard InChI is InChI=1S/C16H16N2O5/c1-9(14(19)18-16(17)21)23-15(20)12-7-10-5-3-4-6-11(10)8-13(12)22-2/h3-9H,1-2H3,(H3,17,18,19,21)/t9-/m1/s1. The first-order chi connectivity index (χ1) is 10.9. The highest BCUT2D eigenvalue weighted by atomic mass is 16.5. The summed E-state index contributed by atoms with van der Waals surface area (Å²) in [5.74, 6) is -1.21. The fourth-order valence-electron chi connectivity index (χ4n) is 2.05. The van der Waals surface area contributed by atoms with Gasteiger partial charge < -0.3 is 15.2 Å². The maximum absolute atomic E-state index is 12.3. The van der Waals surface area contributed by atoms with Crippen molar-refractivity contribution in [1.82, 2.24) is 5.32 Å². The van der Waals surface area contributed by atoms with E-state index in [1.54, 1.807) is 12.1 Å². The molecule has 120 valence electrons. The van der Waals surface area contributed by atoms with Crippen molar-refractivity contribution in [3.8, 4) is 5.75 Å². The van der Waals surface area contributed by atoms with E-state index in [-0.39, 0.29) is 5.56 Å². The van der Waals surface area contributed by atoms with Gasteiger partial charge >= 0.3 is 12.0 Å². The normalized spacial score (nSPS) is 11.6. The van der Waals surface area contributed by atoms with Crippen molar-refractivity contribution in [2.24, 2.45) is 5.73 Å². The van der Waals surface area contributed by atoms with Crippen molar-refractivity contribution < 1.29 is 23.9 Å². The van der Waals surface area contributed by atoms with Crippen LogP contribution in [-0.4, -0.2) is 31.1 Å². The van der Waals surface area contributed by atoms with E-state index in [4.69, 9.17) is 15.2 Å². The summed E-state index contributed by atoms with van der Waals surface area (Å²) >= 11 is 0. The molecule has 0 heterocycles. The van der Waals surface area contributed by atoms with E-state index < -0.39 is 24.0 Å². The minimum absolute atomic E-state index is 0.185. The van der Waals surface area contributed by atoms with Crippen LogP contribution in [0.1, 0.15) is 17.3 Å². The third-order valence-electron chi connectivity index (χ3n) is 3.19. The molecule has 0 aromatic heterocycles. The van der Waals surface area contributed by atoms with Crippen LogP contribution < -0.4 is 15.8 Å². The van der Waals surface area contributed by atoms with Crippen LogP contribution in [0.5, 0.6) is 5.75 Å². The molecule has 0 spiro atoms. The molecule has 1 atom stereocenters. The predicted molar refractivity (Wildman–Crippen MR) is 83.1 cm³/mol. The number of primary amides is 1. The number of fused-ring (bicyclic) bond motifs is 1. The van der Waals surface area contributed by atoms with Crippen LogP contribution in [0.2, 0.25) is 0 Å². The SMILES string of the molecule is COc1cc2ccccc2cc1C(=O)O[C@H](C)C(=O)NC(N)=O. The topological polar surface area (TPSA) is 108 Å². The number of methoxy groups -OCH3 is 1. The van der Waals surface area contributed by atoms with Gasteiger partial charge in [0.25, 0.3) is 5.91 Å². The van der Waals surface area contributed by atoms with Crippen LogP contribution in [0, 0.1) is 0 Å². The molecule has 2 aromatic carbocycles. The Morgan fingerprint density at radius 1 is 1.13 bits per heavy atom. The van der Waals surface area contributed by atoms with Gasteiger partial charge in [0.1, 0.15) is 11.3 Å². The van der Waals surface area contributed by atoms with Crippen molar-refractivity contribution in [2.45, 2.75) is 13.0 Å². The predicted octanol–water partition coefficient (Wildman–Crippen LogP) is 1.59. The molecule has 3 amide bonds. The Morgan fingerprint density at radius 3 is 2.30 bits per heavy atom. The molecular formula is C16H16N2O5. The van der Waals surface area contributed by atoms with Gasteiger partial charge in [-0.1, -0.05) is 24.3 Å². The molecule has 0 fully saturated rings. The average molecular weight is 316 g/mol. The summed E-state index contributed by atoms with van der Waals surface area (Å²) in [6.07, 6.45) is -1.17. The van der Waals surface area contributed by atoms with Crippen LogP contribution >= 0.6 is 0 Å². The molecular weight excluding hydrogens is 300 g/mol. The number of hydrogen-bond donors (Lipinski definition) is 2. The molecule has 3 N–H and O–H groups in total. The zero-order chi connectivity index (χ0) is 17.0. The lowest BCUT2D eigenvalue weighted by Gasteiger charge is -2.14. The van der Waals surface area contributed by atoms with Gasteiger partial charge in [-0.05, 0) is 29.8 Å². The molecule has 2 aromatic rings. The largest absolute Gasteiger partial charge is 0.496 e. The number of rotatable bonds is 4. The van der Waals surface area contributed by atoms with Crippen LogP contribution in [0.4, 0.5) is 4.79 Å². The van der Waals surface area contributed by atoms with Crippen molar-refractivity contribution in [3.05, 3.63) is 42.0 Å². The Labute approximate surface area is 132 Å². The summed E-state index contributed by atoms with van der Waals surface area (Å²) in [6.45, 7) is 1.34. The van der Waals surface area contributed by atoms with E-state index in [1.165, 1.54) is 14.0 Å². The van der Waals surface area contributed by atoms with Gasteiger partial charge in [0, 0.05) is 0 Å².